The van der Waals surface area contributed by atoms with E-state index in [2.05, 4.69) is 4.52 Å². The quantitative estimate of drug-likeness (QED) is 0.375. The lowest BCUT2D eigenvalue weighted by Crippen LogP contribution is -2.12. The van der Waals surface area contributed by atoms with Gasteiger partial charge in [-0.1, -0.05) is 0 Å². The summed E-state index contributed by atoms with van der Waals surface area (Å²) in [7, 11) is -1.01. The third kappa shape index (κ3) is 13.9. The number of rotatable bonds is 13. The number of aliphatic hydroxyl groups excluding tert-OH is 1. The van der Waals surface area contributed by atoms with Crippen LogP contribution in [0.15, 0.2) is 0 Å². The van der Waals surface area contributed by atoms with Crippen LogP contribution >= 0.6 is 8.25 Å². The molecule has 0 aromatic heterocycles. The van der Waals surface area contributed by atoms with Crippen LogP contribution < -0.4 is 0 Å². The second kappa shape index (κ2) is 14.1. The molecule has 0 saturated heterocycles. The fourth-order valence-electron chi connectivity index (χ4n) is 0.849. The Kier molecular flexibility index (Phi) is 14.0. The summed E-state index contributed by atoms with van der Waals surface area (Å²) in [6.45, 7) is 2.77. The van der Waals surface area contributed by atoms with Gasteiger partial charge in [-0.2, -0.15) is 0 Å². The zero-order chi connectivity index (χ0) is 12.8. The van der Waals surface area contributed by atoms with Crippen molar-refractivity contribution in [2.24, 2.45) is 0 Å². The molecule has 1 unspecified atom stereocenters. The second-order valence-corrected chi connectivity index (χ2v) is 4.06. The molecule has 0 saturated carbocycles. The van der Waals surface area contributed by atoms with Crippen LogP contribution in [-0.4, -0.2) is 65.1 Å². The minimum atomic E-state index is -2.34. The molecule has 0 amide bonds. The molecule has 0 rings (SSSR count). The van der Waals surface area contributed by atoms with Crippen molar-refractivity contribution < 1.29 is 32.9 Å². The Hall–Kier alpha value is -0.0100. The SMILES string of the molecule is CO[PH](=O)OCCOCCOCCOCCO. The van der Waals surface area contributed by atoms with Crippen LogP contribution in [0.4, 0.5) is 0 Å². The van der Waals surface area contributed by atoms with Crippen molar-refractivity contribution >= 4 is 8.25 Å². The van der Waals surface area contributed by atoms with E-state index in [1.54, 1.807) is 0 Å². The molecule has 0 heterocycles. The Bertz CT molecular complexity index is 179. The molecular weight excluding hydrogens is 251 g/mol. The first-order chi connectivity index (χ1) is 8.31. The Balaban J connectivity index is 2.96. The van der Waals surface area contributed by atoms with Crippen LogP contribution in [0.3, 0.4) is 0 Å². The van der Waals surface area contributed by atoms with E-state index in [4.69, 9.17) is 23.8 Å². The topological polar surface area (TPSA) is 83.5 Å². The molecule has 7 nitrogen and oxygen atoms in total. The number of ether oxygens (including phenoxy) is 3. The highest BCUT2D eigenvalue weighted by atomic mass is 31.1. The van der Waals surface area contributed by atoms with Crippen LogP contribution in [0.25, 0.3) is 0 Å². The van der Waals surface area contributed by atoms with Gasteiger partial charge in [0.05, 0.1) is 52.9 Å². The van der Waals surface area contributed by atoms with Gasteiger partial charge in [0.15, 0.2) is 0 Å². The van der Waals surface area contributed by atoms with Gasteiger partial charge in [-0.15, -0.1) is 0 Å². The van der Waals surface area contributed by atoms with Crippen molar-refractivity contribution in [3.63, 3.8) is 0 Å². The molecule has 0 aromatic carbocycles. The van der Waals surface area contributed by atoms with Crippen molar-refractivity contribution in [1.29, 1.82) is 0 Å². The van der Waals surface area contributed by atoms with Gasteiger partial charge >= 0.3 is 8.25 Å². The van der Waals surface area contributed by atoms with Gasteiger partial charge in [-0.3, -0.25) is 4.57 Å². The summed E-state index contributed by atoms with van der Waals surface area (Å²) in [5.41, 5.74) is 0. The van der Waals surface area contributed by atoms with E-state index in [-0.39, 0.29) is 13.2 Å². The fourth-order valence-corrected chi connectivity index (χ4v) is 1.22. The van der Waals surface area contributed by atoms with Gasteiger partial charge in [-0.05, 0) is 0 Å². The van der Waals surface area contributed by atoms with E-state index >= 15 is 0 Å². The molecule has 1 atom stereocenters. The molecule has 0 aliphatic heterocycles. The van der Waals surface area contributed by atoms with E-state index < -0.39 is 8.25 Å². The van der Waals surface area contributed by atoms with E-state index in [0.717, 1.165) is 0 Å². The van der Waals surface area contributed by atoms with Crippen LogP contribution in [-0.2, 0) is 27.8 Å². The maximum absolute atomic E-state index is 10.7. The van der Waals surface area contributed by atoms with Gasteiger partial charge < -0.3 is 28.4 Å². The third-order valence-electron chi connectivity index (χ3n) is 1.59. The van der Waals surface area contributed by atoms with Crippen molar-refractivity contribution in [2.75, 3.05) is 60.0 Å². The smallest absolute Gasteiger partial charge is 0.318 e. The van der Waals surface area contributed by atoms with E-state index in [9.17, 15) is 4.57 Å². The standard InChI is InChI=1S/C9H21O7P/c1-12-17(11)16-9-8-15-7-6-14-5-4-13-3-2-10/h10,17H,2-9H2,1H3. The molecule has 0 fully saturated rings. The maximum Gasteiger partial charge on any atom is 0.318 e. The van der Waals surface area contributed by atoms with Crippen molar-refractivity contribution in [3.05, 3.63) is 0 Å². The minimum Gasteiger partial charge on any atom is -0.394 e. The summed E-state index contributed by atoms with van der Waals surface area (Å²) in [4.78, 5) is 0. The number of hydrogen-bond donors (Lipinski definition) is 1. The monoisotopic (exact) mass is 272 g/mol. The molecule has 0 spiro atoms. The third-order valence-corrected chi connectivity index (χ3v) is 2.37. The largest absolute Gasteiger partial charge is 0.394 e. The Morgan fingerprint density at radius 1 is 0.882 bits per heavy atom. The summed E-state index contributed by atoms with van der Waals surface area (Å²) in [5, 5.41) is 8.42. The predicted octanol–water partition coefficient (Wildman–Crippen LogP) is 0.0812. The van der Waals surface area contributed by atoms with Gasteiger partial charge in [0.2, 0.25) is 0 Å². The maximum atomic E-state index is 10.7. The molecule has 17 heavy (non-hydrogen) atoms. The number of aliphatic hydroxyl groups is 1. The van der Waals surface area contributed by atoms with E-state index in [0.29, 0.717) is 39.6 Å². The van der Waals surface area contributed by atoms with Crippen LogP contribution in [0.5, 0.6) is 0 Å². The lowest BCUT2D eigenvalue weighted by Gasteiger charge is -2.06. The zero-order valence-corrected chi connectivity index (χ0v) is 11.1. The van der Waals surface area contributed by atoms with Crippen LogP contribution in [0.1, 0.15) is 0 Å². The highest BCUT2D eigenvalue weighted by molar-refractivity contribution is 7.33. The lowest BCUT2D eigenvalue weighted by atomic mass is 10.7. The van der Waals surface area contributed by atoms with Crippen LogP contribution in [0.2, 0.25) is 0 Å². The Labute approximate surface area is 102 Å². The average Bonchev–Trinajstić information content (AvgIpc) is 2.35. The van der Waals surface area contributed by atoms with Gasteiger partial charge in [-0.25, -0.2) is 0 Å². The molecule has 104 valence electrons. The first kappa shape index (κ1) is 17.0. The summed E-state index contributed by atoms with van der Waals surface area (Å²) in [5.74, 6) is 0. The highest BCUT2D eigenvalue weighted by Gasteiger charge is 1.95. The second-order valence-electron chi connectivity index (χ2n) is 2.86. The highest BCUT2D eigenvalue weighted by Crippen LogP contribution is 2.20. The lowest BCUT2D eigenvalue weighted by molar-refractivity contribution is 0.00338. The minimum absolute atomic E-state index is 0.0216. The van der Waals surface area contributed by atoms with Gasteiger partial charge in [0.25, 0.3) is 0 Å². The Morgan fingerprint density at radius 3 is 1.82 bits per heavy atom. The predicted molar refractivity (Wildman–Crippen MR) is 61.5 cm³/mol. The van der Waals surface area contributed by atoms with E-state index in [1.165, 1.54) is 7.11 Å². The molecule has 0 radical (unpaired) electrons. The molecule has 0 aliphatic rings. The van der Waals surface area contributed by atoms with Gasteiger partial charge in [0, 0.05) is 7.11 Å². The summed E-state index contributed by atoms with van der Waals surface area (Å²) < 4.78 is 35.2. The summed E-state index contributed by atoms with van der Waals surface area (Å²) >= 11 is 0. The first-order valence-corrected chi connectivity index (χ1v) is 6.58. The number of hydrogen-bond acceptors (Lipinski definition) is 7. The molecule has 1 N–H and O–H groups in total. The molecular formula is C9H21O7P. The van der Waals surface area contributed by atoms with E-state index in [1.807, 2.05) is 0 Å². The molecule has 0 bridgehead atoms. The van der Waals surface area contributed by atoms with Crippen LogP contribution in [0, 0.1) is 0 Å². The molecule has 0 aliphatic carbocycles. The van der Waals surface area contributed by atoms with Crippen molar-refractivity contribution in [1.82, 2.24) is 0 Å². The van der Waals surface area contributed by atoms with Crippen molar-refractivity contribution in [2.45, 2.75) is 0 Å². The summed E-state index contributed by atoms with van der Waals surface area (Å²) in [6, 6.07) is 0. The first-order valence-electron chi connectivity index (χ1n) is 5.36. The summed E-state index contributed by atoms with van der Waals surface area (Å²) in [6.07, 6.45) is 0. The molecule has 8 heteroatoms. The van der Waals surface area contributed by atoms with Gasteiger partial charge in [0.1, 0.15) is 0 Å². The fraction of sp³-hybridized carbons (Fsp3) is 1.00. The average molecular weight is 272 g/mol. The molecule has 0 aromatic rings. The van der Waals surface area contributed by atoms with Crippen molar-refractivity contribution in [3.8, 4) is 0 Å². The Morgan fingerprint density at radius 2 is 1.35 bits per heavy atom. The zero-order valence-electron chi connectivity index (χ0n) is 10.1. The normalized spacial score (nSPS) is 12.8.